The van der Waals surface area contributed by atoms with E-state index < -0.39 is 10.0 Å². The third-order valence-electron chi connectivity index (χ3n) is 4.62. The molecule has 0 unspecified atom stereocenters. The predicted octanol–water partition coefficient (Wildman–Crippen LogP) is 0.652. The highest BCUT2D eigenvalue weighted by molar-refractivity contribution is 7.89. The summed E-state index contributed by atoms with van der Waals surface area (Å²) in [4.78, 5) is 6.32. The zero-order valence-electron chi connectivity index (χ0n) is 15.6. The van der Waals surface area contributed by atoms with Crippen LogP contribution in [0.25, 0.3) is 0 Å². The predicted molar refractivity (Wildman–Crippen MR) is 101 cm³/mol. The van der Waals surface area contributed by atoms with Crippen molar-refractivity contribution >= 4 is 10.0 Å². The van der Waals surface area contributed by atoms with E-state index in [1.54, 1.807) is 18.5 Å². The zero-order valence-corrected chi connectivity index (χ0v) is 16.4. The van der Waals surface area contributed by atoms with E-state index in [2.05, 4.69) is 14.6 Å². The van der Waals surface area contributed by atoms with E-state index in [1.807, 2.05) is 24.3 Å². The number of nitrogens with one attached hydrogen (secondary N) is 1. The number of aryl methyl sites for hydroxylation is 2. The van der Waals surface area contributed by atoms with Gasteiger partial charge in [0.15, 0.2) is 5.03 Å². The molecule has 1 saturated heterocycles. The molecule has 1 atom stereocenters. The fourth-order valence-corrected chi connectivity index (χ4v) is 4.46. The van der Waals surface area contributed by atoms with Gasteiger partial charge in [-0.1, -0.05) is 12.1 Å². The highest BCUT2D eigenvalue weighted by Crippen LogP contribution is 2.19. The zero-order chi connectivity index (χ0) is 19.4. The molecule has 0 bridgehead atoms. The molecule has 27 heavy (non-hydrogen) atoms. The van der Waals surface area contributed by atoms with Crippen LogP contribution in [0.1, 0.15) is 17.8 Å². The molecular formula is C18H26N4O4S. The molecule has 8 nitrogen and oxygen atoms in total. The number of benzene rings is 1. The third kappa shape index (κ3) is 5.07. The lowest BCUT2D eigenvalue weighted by atomic mass is 10.2. The standard InChI is InChI=1S/C18H26N4O4S/c1-14-19-18(13-21(14)2)27(24,25)20-16-6-7-22(12-16)11-15-4-3-5-17(10-15)26-9-8-23/h3-5,10,13,16,20,23H,6-9,11-12H2,1-2H3/t16-/m1/s1. The van der Waals surface area contributed by atoms with Gasteiger partial charge in [-0.15, -0.1) is 0 Å². The molecule has 1 aliphatic rings. The highest BCUT2D eigenvalue weighted by atomic mass is 32.2. The highest BCUT2D eigenvalue weighted by Gasteiger charge is 2.28. The van der Waals surface area contributed by atoms with Crippen molar-refractivity contribution in [1.82, 2.24) is 19.2 Å². The average Bonchev–Trinajstić information content (AvgIpc) is 3.20. The number of hydrogen-bond acceptors (Lipinski definition) is 6. The molecule has 1 fully saturated rings. The van der Waals surface area contributed by atoms with Crippen LogP contribution in [-0.2, 0) is 23.6 Å². The summed E-state index contributed by atoms with van der Waals surface area (Å²) in [6.07, 6.45) is 2.29. The van der Waals surface area contributed by atoms with Crippen LogP contribution < -0.4 is 9.46 Å². The molecule has 1 aromatic heterocycles. The Kier molecular flexibility index (Phi) is 6.15. The first-order valence-electron chi connectivity index (χ1n) is 8.94. The minimum Gasteiger partial charge on any atom is -0.491 e. The number of hydrogen-bond donors (Lipinski definition) is 2. The quantitative estimate of drug-likeness (QED) is 0.683. The first-order chi connectivity index (χ1) is 12.9. The Balaban J connectivity index is 1.57. The maximum absolute atomic E-state index is 12.5. The topological polar surface area (TPSA) is 96.7 Å². The molecular weight excluding hydrogens is 368 g/mol. The van der Waals surface area contributed by atoms with Crippen molar-refractivity contribution in [3.63, 3.8) is 0 Å². The normalized spacial score (nSPS) is 18.1. The lowest BCUT2D eigenvalue weighted by Crippen LogP contribution is -2.37. The molecule has 148 valence electrons. The number of nitrogens with zero attached hydrogens (tertiary/aromatic N) is 3. The molecule has 1 aliphatic heterocycles. The van der Waals surface area contributed by atoms with Gasteiger partial charge >= 0.3 is 0 Å². The smallest absolute Gasteiger partial charge is 0.259 e. The SMILES string of the molecule is Cc1nc(S(=O)(=O)N[C@@H]2CCN(Cc3cccc(OCCO)c3)C2)cn1C. The van der Waals surface area contributed by atoms with Crippen LogP contribution in [0.15, 0.2) is 35.5 Å². The van der Waals surface area contributed by atoms with Crippen LogP contribution in [0, 0.1) is 6.92 Å². The van der Waals surface area contributed by atoms with E-state index >= 15 is 0 Å². The van der Waals surface area contributed by atoms with Crippen molar-refractivity contribution in [2.45, 2.75) is 31.0 Å². The molecule has 2 aromatic rings. The Morgan fingerprint density at radius 2 is 2.22 bits per heavy atom. The molecule has 1 aromatic carbocycles. The number of sulfonamides is 1. The minimum absolute atomic E-state index is 0.0199. The fourth-order valence-electron chi connectivity index (χ4n) is 3.16. The Bertz CT molecular complexity index is 862. The first-order valence-corrected chi connectivity index (χ1v) is 10.4. The van der Waals surface area contributed by atoms with Gasteiger partial charge in [-0.2, -0.15) is 0 Å². The van der Waals surface area contributed by atoms with Gasteiger partial charge < -0.3 is 14.4 Å². The molecule has 0 aliphatic carbocycles. The van der Waals surface area contributed by atoms with Crippen LogP contribution in [-0.4, -0.2) is 60.3 Å². The monoisotopic (exact) mass is 394 g/mol. The van der Waals surface area contributed by atoms with E-state index in [-0.39, 0.29) is 24.3 Å². The van der Waals surface area contributed by atoms with Crippen LogP contribution in [0.2, 0.25) is 0 Å². The van der Waals surface area contributed by atoms with Gasteiger partial charge in [0.1, 0.15) is 18.2 Å². The average molecular weight is 394 g/mol. The second kappa shape index (κ2) is 8.39. The summed E-state index contributed by atoms with van der Waals surface area (Å²) in [5.41, 5.74) is 1.09. The van der Waals surface area contributed by atoms with Crippen molar-refractivity contribution in [2.75, 3.05) is 26.3 Å². The Labute approximate surface area is 159 Å². The Morgan fingerprint density at radius 3 is 2.93 bits per heavy atom. The van der Waals surface area contributed by atoms with Gasteiger partial charge in [-0.3, -0.25) is 4.90 Å². The van der Waals surface area contributed by atoms with Crippen molar-refractivity contribution in [1.29, 1.82) is 0 Å². The molecule has 0 radical (unpaired) electrons. The van der Waals surface area contributed by atoms with Crippen molar-refractivity contribution in [2.24, 2.45) is 7.05 Å². The first kappa shape index (κ1) is 19.8. The maximum Gasteiger partial charge on any atom is 0.259 e. The number of aliphatic hydroxyl groups excluding tert-OH is 1. The summed E-state index contributed by atoms with van der Waals surface area (Å²) >= 11 is 0. The number of likely N-dealkylation sites (tertiary alicyclic amines) is 1. The van der Waals surface area contributed by atoms with E-state index in [0.29, 0.717) is 12.4 Å². The minimum atomic E-state index is -3.61. The molecule has 2 N–H and O–H groups in total. The van der Waals surface area contributed by atoms with Crippen molar-refractivity contribution in [3.05, 3.63) is 41.9 Å². The summed E-state index contributed by atoms with van der Waals surface area (Å²) in [6.45, 7) is 4.20. The molecule has 2 heterocycles. The van der Waals surface area contributed by atoms with Gasteiger partial charge in [-0.25, -0.2) is 18.1 Å². The fraction of sp³-hybridized carbons (Fsp3) is 0.500. The van der Waals surface area contributed by atoms with E-state index in [0.717, 1.165) is 30.8 Å². The lowest BCUT2D eigenvalue weighted by molar-refractivity contribution is 0.201. The van der Waals surface area contributed by atoms with Crippen LogP contribution in [0.5, 0.6) is 5.75 Å². The van der Waals surface area contributed by atoms with E-state index in [9.17, 15) is 8.42 Å². The Hall–Kier alpha value is -1.94. The maximum atomic E-state index is 12.5. The van der Waals surface area contributed by atoms with Crippen LogP contribution >= 0.6 is 0 Å². The van der Waals surface area contributed by atoms with Crippen LogP contribution in [0.3, 0.4) is 0 Å². The third-order valence-corrected chi connectivity index (χ3v) is 6.01. The summed E-state index contributed by atoms with van der Waals surface area (Å²) in [6, 6.07) is 7.60. The number of ether oxygens (including phenoxy) is 1. The number of imidazole rings is 1. The summed E-state index contributed by atoms with van der Waals surface area (Å²) in [5, 5.41) is 8.92. The molecule has 3 rings (SSSR count). The molecule has 0 amide bonds. The summed E-state index contributed by atoms with van der Waals surface area (Å²) < 4.78 is 34.9. The molecule has 0 saturated carbocycles. The van der Waals surface area contributed by atoms with Crippen molar-refractivity contribution in [3.8, 4) is 5.75 Å². The second-order valence-electron chi connectivity index (χ2n) is 6.80. The number of aromatic nitrogens is 2. The second-order valence-corrected chi connectivity index (χ2v) is 8.46. The largest absolute Gasteiger partial charge is 0.491 e. The summed E-state index contributed by atoms with van der Waals surface area (Å²) in [5.74, 6) is 1.38. The summed E-state index contributed by atoms with van der Waals surface area (Å²) in [7, 11) is -1.84. The Morgan fingerprint density at radius 1 is 1.41 bits per heavy atom. The van der Waals surface area contributed by atoms with E-state index in [4.69, 9.17) is 9.84 Å². The van der Waals surface area contributed by atoms with E-state index in [1.165, 1.54) is 6.20 Å². The lowest BCUT2D eigenvalue weighted by Gasteiger charge is -2.17. The van der Waals surface area contributed by atoms with Crippen LogP contribution in [0.4, 0.5) is 0 Å². The van der Waals surface area contributed by atoms with Gasteiger partial charge in [0.05, 0.1) is 6.61 Å². The van der Waals surface area contributed by atoms with Gasteiger partial charge in [0, 0.05) is 38.9 Å². The number of aliphatic hydroxyl groups is 1. The molecule has 9 heteroatoms. The van der Waals surface area contributed by atoms with Gasteiger partial charge in [-0.05, 0) is 31.0 Å². The van der Waals surface area contributed by atoms with Gasteiger partial charge in [0.2, 0.25) is 0 Å². The van der Waals surface area contributed by atoms with Gasteiger partial charge in [0.25, 0.3) is 10.0 Å². The van der Waals surface area contributed by atoms with Crippen molar-refractivity contribution < 1.29 is 18.3 Å². The number of rotatable bonds is 8. The molecule has 0 spiro atoms.